The van der Waals surface area contributed by atoms with Gasteiger partial charge in [-0.05, 0) is 25.8 Å². The maximum absolute atomic E-state index is 11.8. The Labute approximate surface area is 126 Å². The largest absolute Gasteiger partial charge is 0.469 e. The van der Waals surface area contributed by atoms with Gasteiger partial charge in [0.25, 0.3) is 0 Å². The molecule has 0 bridgehead atoms. The Morgan fingerprint density at radius 2 is 2.00 bits per heavy atom. The van der Waals surface area contributed by atoms with Crippen LogP contribution in [-0.4, -0.2) is 52.3 Å². The molecule has 0 spiro atoms. The SMILES string of the molecule is CNCCC(=O)NCC(C(=O)OC)C1CCOCC1.Cl. The smallest absolute Gasteiger partial charge is 0.310 e. The molecule has 1 heterocycles. The Bertz CT molecular complexity index is 296. The number of halogens is 1. The molecule has 0 aliphatic carbocycles. The van der Waals surface area contributed by atoms with Crippen molar-refractivity contribution in [3.63, 3.8) is 0 Å². The lowest BCUT2D eigenvalue weighted by molar-refractivity contribution is -0.148. The molecule has 20 heavy (non-hydrogen) atoms. The lowest BCUT2D eigenvalue weighted by atomic mass is 9.86. The highest BCUT2D eigenvalue weighted by molar-refractivity contribution is 5.85. The van der Waals surface area contributed by atoms with Crippen LogP contribution >= 0.6 is 12.4 Å². The second-order valence-corrected chi connectivity index (χ2v) is 4.74. The van der Waals surface area contributed by atoms with Crippen molar-refractivity contribution in [3.8, 4) is 0 Å². The fourth-order valence-electron chi connectivity index (χ4n) is 2.26. The summed E-state index contributed by atoms with van der Waals surface area (Å²) in [5.41, 5.74) is 0. The molecule has 7 heteroatoms. The normalized spacial score (nSPS) is 16.9. The van der Waals surface area contributed by atoms with Crippen molar-refractivity contribution in [3.05, 3.63) is 0 Å². The molecule has 6 nitrogen and oxygen atoms in total. The lowest BCUT2D eigenvalue weighted by Crippen LogP contribution is -2.40. The average molecular weight is 309 g/mol. The van der Waals surface area contributed by atoms with Crippen molar-refractivity contribution in [2.24, 2.45) is 11.8 Å². The van der Waals surface area contributed by atoms with Crippen LogP contribution in [0.3, 0.4) is 0 Å². The van der Waals surface area contributed by atoms with E-state index in [0.717, 1.165) is 12.8 Å². The molecular formula is C13H25ClN2O4. The van der Waals surface area contributed by atoms with E-state index in [1.54, 1.807) is 7.05 Å². The maximum atomic E-state index is 11.8. The van der Waals surface area contributed by atoms with Gasteiger partial charge in [0.05, 0.1) is 13.0 Å². The van der Waals surface area contributed by atoms with E-state index in [0.29, 0.717) is 32.7 Å². The van der Waals surface area contributed by atoms with Crippen LogP contribution in [0.15, 0.2) is 0 Å². The van der Waals surface area contributed by atoms with Gasteiger partial charge in [0, 0.05) is 32.7 Å². The molecule has 1 atom stereocenters. The summed E-state index contributed by atoms with van der Waals surface area (Å²) in [6, 6.07) is 0. The van der Waals surface area contributed by atoms with Crippen molar-refractivity contribution in [2.45, 2.75) is 19.3 Å². The molecule has 0 aromatic heterocycles. The second-order valence-electron chi connectivity index (χ2n) is 4.74. The summed E-state index contributed by atoms with van der Waals surface area (Å²) in [7, 11) is 3.18. The number of nitrogens with one attached hydrogen (secondary N) is 2. The first kappa shape index (κ1) is 19.1. The van der Waals surface area contributed by atoms with Crippen molar-refractivity contribution < 1.29 is 19.1 Å². The van der Waals surface area contributed by atoms with Crippen LogP contribution < -0.4 is 10.6 Å². The minimum absolute atomic E-state index is 0. The van der Waals surface area contributed by atoms with E-state index in [1.165, 1.54) is 7.11 Å². The number of hydrogen-bond donors (Lipinski definition) is 2. The fourth-order valence-corrected chi connectivity index (χ4v) is 2.26. The van der Waals surface area contributed by atoms with Crippen molar-refractivity contribution >= 4 is 24.3 Å². The van der Waals surface area contributed by atoms with Gasteiger partial charge < -0.3 is 20.1 Å². The molecule has 0 radical (unpaired) electrons. The molecule has 118 valence electrons. The number of ether oxygens (including phenoxy) is 2. The Hall–Kier alpha value is -0.850. The van der Waals surface area contributed by atoms with Crippen LogP contribution in [0.4, 0.5) is 0 Å². The van der Waals surface area contributed by atoms with Crippen molar-refractivity contribution in [1.82, 2.24) is 10.6 Å². The number of hydrogen-bond acceptors (Lipinski definition) is 5. The first-order valence-electron chi connectivity index (χ1n) is 6.76. The quantitative estimate of drug-likeness (QED) is 0.664. The molecule has 1 aliphatic rings. The van der Waals surface area contributed by atoms with Crippen LogP contribution in [0.5, 0.6) is 0 Å². The zero-order valence-electron chi connectivity index (χ0n) is 12.1. The Morgan fingerprint density at radius 3 is 2.55 bits per heavy atom. The van der Waals surface area contributed by atoms with Crippen LogP contribution in [-0.2, 0) is 19.1 Å². The third kappa shape index (κ3) is 6.54. The Balaban J connectivity index is 0.00000361. The summed E-state index contributed by atoms with van der Waals surface area (Å²) < 4.78 is 10.1. The van der Waals surface area contributed by atoms with Gasteiger partial charge >= 0.3 is 5.97 Å². The molecule has 0 aromatic rings. The van der Waals surface area contributed by atoms with Gasteiger partial charge in [-0.25, -0.2) is 0 Å². The molecular weight excluding hydrogens is 284 g/mol. The molecule has 1 amide bonds. The van der Waals surface area contributed by atoms with Gasteiger partial charge in [-0.2, -0.15) is 0 Å². The summed E-state index contributed by atoms with van der Waals surface area (Å²) >= 11 is 0. The Morgan fingerprint density at radius 1 is 1.35 bits per heavy atom. The number of esters is 1. The summed E-state index contributed by atoms with van der Waals surface area (Å²) in [5.74, 6) is -0.339. The van der Waals surface area contributed by atoms with Crippen LogP contribution in [0.25, 0.3) is 0 Å². The van der Waals surface area contributed by atoms with Gasteiger partial charge in [-0.15, -0.1) is 12.4 Å². The standard InChI is InChI=1S/C13H24N2O4.ClH/c1-14-6-3-12(16)15-9-11(13(17)18-2)10-4-7-19-8-5-10;/h10-11,14H,3-9H2,1-2H3,(H,15,16);1H. The van der Waals surface area contributed by atoms with Crippen LogP contribution in [0.2, 0.25) is 0 Å². The lowest BCUT2D eigenvalue weighted by Gasteiger charge is -2.28. The number of amides is 1. The predicted molar refractivity (Wildman–Crippen MR) is 77.9 cm³/mol. The minimum atomic E-state index is -0.271. The summed E-state index contributed by atoms with van der Waals surface area (Å²) in [6.45, 7) is 2.32. The number of carbonyl (C=O) groups excluding carboxylic acids is 2. The first-order chi connectivity index (χ1) is 9.19. The maximum Gasteiger partial charge on any atom is 0.310 e. The molecule has 2 N–H and O–H groups in total. The van der Waals surface area contributed by atoms with Crippen LogP contribution in [0.1, 0.15) is 19.3 Å². The highest BCUT2D eigenvalue weighted by atomic mass is 35.5. The Kier molecular flexibility index (Phi) is 10.4. The molecule has 1 rings (SSSR count). The van der Waals surface area contributed by atoms with Gasteiger partial charge in [-0.1, -0.05) is 0 Å². The zero-order valence-corrected chi connectivity index (χ0v) is 13.0. The summed E-state index contributed by atoms with van der Waals surface area (Å²) in [4.78, 5) is 23.4. The molecule has 1 unspecified atom stereocenters. The van der Waals surface area contributed by atoms with Gasteiger partial charge in [0.15, 0.2) is 0 Å². The molecule has 1 saturated heterocycles. The predicted octanol–water partition coefficient (Wildman–Crippen LogP) is 0.350. The van der Waals surface area contributed by atoms with E-state index in [1.807, 2.05) is 0 Å². The monoisotopic (exact) mass is 308 g/mol. The number of carbonyl (C=O) groups is 2. The van der Waals surface area contributed by atoms with Gasteiger partial charge in [0.2, 0.25) is 5.91 Å². The van der Waals surface area contributed by atoms with Gasteiger partial charge in [-0.3, -0.25) is 9.59 Å². The minimum Gasteiger partial charge on any atom is -0.469 e. The third-order valence-electron chi connectivity index (χ3n) is 3.46. The van der Waals surface area contributed by atoms with E-state index in [9.17, 15) is 9.59 Å². The molecule has 1 fully saturated rings. The third-order valence-corrected chi connectivity index (χ3v) is 3.46. The van der Waals surface area contributed by atoms with Crippen molar-refractivity contribution in [1.29, 1.82) is 0 Å². The average Bonchev–Trinajstić information content (AvgIpc) is 2.46. The highest BCUT2D eigenvalue weighted by Crippen LogP contribution is 2.24. The number of rotatable bonds is 7. The number of methoxy groups -OCH3 is 1. The van der Waals surface area contributed by atoms with E-state index in [-0.39, 0.29) is 36.1 Å². The molecule has 1 aliphatic heterocycles. The van der Waals surface area contributed by atoms with Crippen molar-refractivity contribution in [2.75, 3.05) is 40.5 Å². The zero-order chi connectivity index (χ0) is 14.1. The van der Waals surface area contributed by atoms with E-state index >= 15 is 0 Å². The second kappa shape index (κ2) is 10.9. The summed E-state index contributed by atoms with van der Waals surface area (Å²) in [5, 5.41) is 5.72. The van der Waals surface area contributed by atoms with E-state index in [2.05, 4.69) is 10.6 Å². The highest BCUT2D eigenvalue weighted by Gasteiger charge is 2.30. The van der Waals surface area contributed by atoms with E-state index < -0.39 is 0 Å². The molecule has 0 saturated carbocycles. The van der Waals surface area contributed by atoms with Crippen LogP contribution in [0, 0.1) is 11.8 Å². The molecule has 0 aromatic carbocycles. The summed E-state index contributed by atoms with van der Waals surface area (Å²) in [6.07, 6.45) is 2.09. The van der Waals surface area contributed by atoms with E-state index in [4.69, 9.17) is 9.47 Å². The fraction of sp³-hybridized carbons (Fsp3) is 0.846. The van der Waals surface area contributed by atoms with Gasteiger partial charge in [0.1, 0.15) is 0 Å². The first-order valence-corrected chi connectivity index (χ1v) is 6.76. The topological polar surface area (TPSA) is 76.7 Å².